The molecule has 0 atom stereocenters. The summed E-state index contributed by atoms with van der Waals surface area (Å²) < 4.78 is 0. The summed E-state index contributed by atoms with van der Waals surface area (Å²) in [5.41, 5.74) is 0. The van der Waals surface area contributed by atoms with Crippen LogP contribution in [0.3, 0.4) is 0 Å². The van der Waals surface area contributed by atoms with Gasteiger partial charge in [-0.25, -0.2) is 0 Å². The molecule has 4 nitrogen and oxygen atoms in total. The summed E-state index contributed by atoms with van der Waals surface area (Å²) in [6.07, 6.45) is 6.08. The fourth-order valence-electron chi connectivity index (χ4n) is 1.46. The van der Waals surface area contributed by atoms with Crippen molar-refractivity contribution in [2.45, 2.75) is 51.9 Å². The Morgan fingerprint density at radius 2 is 1.38 bits per heavy atom. The van der Waals surface area contributed by atoms with Crippen LogP contribution in [0.4, 0.5) is 0 Å². The quantitative estimate of drug-likeness (QED) is 0.315. The van der Waals surface area contributed by atoms with Crippen molar-refractivity contribution in [2.75, 3.05) is 0 Å². The van der Waals surface area contributed by atoms with E-state index in [9.17, 15) is 19.8 Å². The van der Waals surface area contributed by atoms with Crippen molar-refractivity contribution in [3.63, 3.8) is 0 Å². The fourth-order valence-corrected chi connectivity index (χ4v) is 1.46. The van der Waals surface area contributed by atoms with Crippen LogP contribution in [0.25, 0.3) is 0 Å². The minimum atomic E-state index is -1.54. The molecular formula is C11H18CaO4. The second-order valence-corrected chi connectivity index (χ2v) is 3.75. The van der Waals surface area contributed by atoms with Crippen molar-refractivity contribution >= 4 is 49.7 Å². The van der Waals surface area contributed by atoms with Crippen LogP contribution in [0.15, 0.2) is 0 Å². The molecule has 0 amide bonds. The molecule has 0 aromatic heterocycles. The maximum Gasteiger partial charge on any atom is 2.00 e. The molecular weight excluding hydrogens is 236 g/mol. The molecule has 88 valence electrons. The first-order valence-corrected chi connectivity index (χ1v) is 5.51. The summed E-state index contributed by atoms with van der Waals surface area (Å²) in [7, 11) is 0. The summed E-state index contributed by atoms with van der Waals surface area (Å²) in [4.78, 5) is 20.8. The Bertz CT molecular complexity index is 192. The second-order valence-electron chi connectivity index (χ2n) is 3.75. The SMILES string of the molecule is CCCCCCCCC(C(=O)[O-])C(=O)[O-].[Ca+2]. The molecule has 0 aliphatic rings. The van der Waals surface area contributed by atoms with Crippen LogP contribution in [0.1, 0.15) is 51.9 Å². The van der Waals surface area contributed by atoms with Crippen LogP contribution >= 0.6 is 0 Å². The number of rotatable bonds is 9. The second kappa shape index (κ2) is 11.7. The fraction of sp³-hybridized carbons (Fsp3) is 0.818. The van der Waals surface area contributed by atoms with Crippen LogP contribution in [0.2, 0.25) is 0 Å². The van der Waals surface area contributed by atoms with E-state index in [2.05, 4.69) is 6.92 Å². The maximum atomic E-state index is 10.4. The first kappa shape index (κ1) is 18.6. The summed E-state index contributed by atoms with van der Waals surface area (Å²) in [5, 5.41) is 20.8. The number of carboxylic acid groups (broad SMARTS) is 2. The maximum absolute atomic E-state index is 10.4. The van der Waals surface area contributed by atoms with Gasteiger partial charge in [0.05, 0.1) is 11.9 Å². The van der Waals surface area contributed by atoms with Crippen molar-refractivity contribution in [1.29, 1.82) is 0 Å². The summed E-state index contributed by atoms with van der Waals surface area (Å²) in [6.45, 7) is 2.11. The smallest absolute Gasteiger partial charge is 0.549 e. The van der Waals surface area contributed by atoms with E-state index < -0.39 is 17.9 Å². The molecule has 16 heavy (non-hydrogen) atoms. The molecule has 0 spiro atoms. The number of carbonyl (C=O) groups excluding carboxylic acids is 2. The van der Waals surface area contributed by atoms with E-state index >= 15 is 0 Å². The summed E-state index contributed by atoms with van der Waals surface area (Å²) >= 11 is 0. The Balaban J connectivity index is 0. The number of unbranched alkanes of at least 4 members (excludes halogenated alkanes) is 5. The van der Waals surface area contributed by atoms with Gasteiger partial charge >= 0.3 is 37.7 Å². The molecule has 0 aliphatic heterocycles. The number of hydrogen-bond acceptors (Lipinski definition) is 4. The summed E-state index contributed by atoms with van der Waals surface area (Å²) in [5.74, 6) is -4.52. The van der Waals surface area contributed by atoms with Crippen molar-refractivity contribution in [3.8, 4) is 0 Å². The molecule has 0 bridgehead atoms. The van der Waals surface area contributed by atoms with Gasteiger partial charge in [0.25, 0.3) is 0 Å². The van der Waals surface area contributed by atoms with Gasteiger partial charge in [0.2, 0.25) is 0 Å². The van der Waals surface area contributed by atoms with E-state index in [1.165, 1.54) is 6.42 Å². The topological polar surface area (TPSA) is 80.3 Å². The van der Waals surface area contributed by atoms with Gasteiger partial charge in [-0.05, 0) is 6.42 Å². The van der Waals surface area contributed by atoms with Crippen molar-refractivity contribution < 1.29 is 19.8 Å². The van der Waals surface area contributed by atoms with Crippen LogP contribution in [0.5, 0.6) is 0 Å². The molecule has 0 heterocycles. The summed E-state index contributed by atoms with van der Waals surface area (Å²) in [6, 6.07) is 0. The Labute approximate surface area is 126 Å². The molecule has 0 saturated heterocycles. The predicted molar refractivity (Wildman–Crippen MR) is 57.3 cm³/mol. The van der Waals surface area contributed by atoms with Gasteiger partial charge in [-0.1, -0.05) is 45.4 Å². The molecule has 0 N–H and O–H groups in total. The standard InChI is InChI=1S/C11H20O4.Ca/c1-2-3-4-5-6-7-8-9(10(12)13)11(14)15;/h9H,2-8H2,1H3,(H,12,13)(H,14,15);/q;+2/p-2. The number of carbonyl (C=O) groups is 2. The zero-order chi connectivity index (χ0) is 11.7. The third-order valence-corrected chi connectivity index (χ3v) is 2.42. The van der Waals surface area contributed by atoms with Crippen molar-refractivity contribution in [1.82, 2.24) is 0 Å². The van der Waals surface area contributed by atoms with Crippen molar-refractivity contribution in [3.05, 3.63) is 0 Å². The van der Waals surface area contributed by atoms with Crippen LogP contribution in [-0.2, 0) is 9.59 Å². The van der Waals surface area contributed by atoms with Gasteiger partial charge in [-0.2, -0.15) is 0 Å². The molecule has 0 aromatic rings. The normalized spacial score (nSPS) is 9.88. The Kier molecular flexibility index (Phi) is 13.5. The minimum Gasteiger partial charge on any atom is -0.549 e. The molecule has 0 saturated carbocycles. The Hall–Kier alpha value is 0.200. The van der Waals surface area contributed by atoms with E-state index in [4.69, 9.17) is 0 Å². The largest absolute Gasteiger partial charge is 2.00 e. The average Bonchev–Trinajstić information content (AvgIpc) is 2.15. The zero-order valence-corrected chi connectivity index (χ0v) is 12.1. The van der Waals surface area contributed by atoms with Gasteiger partial charge < -0.3 is 19.8 Å². The molecule has 0 unspecified atom stereocenters. The van der Waals surface area contributed by atoms with E-state index in [-0.39, 0.29) is 44.2 Å². The number of hydrogen-bond donors (Lipinski definition) is 0. The minimum absolute atomic E-state index is 0. The average molecular weight is 254 g/mol. The van der Waals surface area contributed by atoms with Gasteiger partial charge in [-0.3, -0.25) is 0 Å². The van der Waals surface area contributed by atoms with Gasteiger partial charge in [0.15, 0.2) is 0 Å². The molecule has 0 aromatic carbocycles. The molecule has 0 fully saturated rings. The third-order valence-electron chi connectivity index (χ3n) is 2.42. The van der Waals surface area contributed by atoms with Crippen LogP contribution in [0, 0.1) is 5.92 Å². The van der Waals surface area contributed by atoms with E-state index in [1.54, 1.807) is 0 Å². The van der Waals surface area contributed by atoms with E-state index in [0.29, 0.717) is 6.42 Å². The first-order chi connectivity index (χ1) is 7.09. The van der Waals surface area contributed by atoms with Crippen LogP contribution < -0.4 is 10.2 Å². The Morgan fingerprint density at radius 3 is 1.81 bits per heavy atom. The monoisotopic (exact) mass is 254 g/mol. The Morgan fingerprint density at radius 1 is 0.938 bits per heavy atom. The number of carboxylic acids is 2. The predicted octanol–water partition coefficient (Wildman–Crippen LogP) is -0.528. The molecule has 5 heteroatoms. The van der Waals surface area contributed by atoms with Gasteiger partial charge in [-0.15, -0.1) is 0 Å². The zero-order valence-electron chi connectivity index (χ0n) is 9.87. The molecule has 0 rings (SSSR count). The molecule has 0 radical (unpaired) electrons. The van der Waals surface area contributed by atoms with Crippen molar-refractivity contribution in [2.24, 2.45) is 5.92 Å². The van der Waals surface area contributed by atoms with Crippen LogP contribution in [-0.4, -0.2) is 49.7 Å². The van der Waals surface area contributed by atoms with Gasteiger partial charge in [0, 0.05) is 5.92 Å². The van der Waals surface area contributed by atoms with Gasteiger partial charge in [0.1, 0.15) is 0 Å². The first-order valence-electron chi connectivity index (χ1n) is 5.51. The molecule has 0 aliphatic carbocycles. The number of aliphatic carboxylic acids is 2. The van der Waals surface area contributed by atoms with E-state index in [1.807, 2.05) is 0 Å². The third kappa shape index (κ3) is 9.43. The van der Waals surface area contributed by atoms with E-state index in [0.717, 1.165) is 25.7 Å².